The normalized spacial score (nSPS) is 11.7. The fourth-order valence-corrected chi connectivity index (χ4v) is 3.94. The number of oxazole rings is 1. The number of phenols is 1. The summed E-state index contributed by atoms with van der Waals surface area (Å²) in [5, 5.41) is 14.1. The van der Waals surface area contributed by atoms with Crippen LogP contribution >= 0.6 is 11.3 Å². The van der Waals surface area contributed by atoms with Crippen molar-refractivity contribution >= 4 is 43.4 Å². The van der Waals surface area contributed by atoms with E-state index in [0.29, 0.717) is 21.4 Å². The molecular weight excluding hydrogens is 324 g/mol. The number of hydrogen-bond acceptors (Lipinski definition) is 5. The minimum absolute atomic E-state index is 0.115. The SMILES string of the molecule is O=c1[nH]c2ccc(O)c(-c3ccc4ocnc4c3)c2c2ccsc12. The van der Waals surface area contributed by atoms with Gasteiger partial charge in [-0.15, -0.1) is 11.3 Å². The van der Waals surface area contributed by atoms with Crippen LogP contribution in [0.15, 0.2) is 57.4 Å². The molecule has 0 aliphatic rings. The van der Waals surface area contributed by atoms with Crippen LogP contribution in [-0.4, -0.2) is 15.1 Å². The van der Waals surface area contributed by atoms with Crippen molar-refractivity contribution in [3.63, 3.8) is 0 Å². The Bertz CT molecular complexity index is 1300. The molecule has 0 spiro atoms. The third-order valence-electron chi connectivity index (χ3n) is 4.19. The van der Waals surface area contributed by atoms with Gasteiger partial charge in [0.25, 0.3) is 5.56 Å². The molecule has 0 amide bonds. The number of aromatic nitrogens is 2. The van der Waals surface area contributed by atoms with E-state index in [4.69, 9.17) is 4.42 Å². The maximum Gasteiger partial charge on any atom is 0.266 e. The monoisotopic (exact) mass is 334 g/mol. The lowest BCUT2D eigenvalue weighted by Gasteiger charge is -2.10. The minimum atomic E-state index is -0.115. The Labute approximate surface area is 138 Å². The second kappa shape index (κ2) is 4.69. The molecule has 2 N–H and O–H groups in total. The first-order valence-corrected chi connectivity index (χ1v) is 8.19. The van der Waals surface area contributed by atoms with Crippen LogP contribution in [0.5, 0.6) is 5.75 Å². The standard InChI is InChI=1S/C18H10N2O3S/c21-13-3-2-11-16(10-5-6-24-17(10)18(22)20-11)15(13)9-1-4-14-12(7-9)19-8-23-14/h1-8,21H,(H,20,22). The predicted octanol–water partition coefficient (Wildman–Crippen LogP) is 4.26. The molecule has 5 rings (SSSR count). The number of benzene rings is 2. The number of aromatic amines is 1. The highest BCUT2D eigenvalue weighted by molar-refractivity contribution is 7.17. The maximum absolute atomic E-state index is 12.2. The van der Waals surface area contributed by atoms with Crippen molar-refractivity contribution < 1.29 is 9.52 Å². The molecule has 0 aliphatic heterocycles. The molecule has 0 atom stereocenters. The topological polar surface area (TPSA) is 79.1 Å². The van der Waals surface area contributed by atoms with Gasteiger partial charge in [0.1, 0.15) is 16.0 Å². The van der Waals surface area contributed by atoms with Crippen LogP contribution in [0, 0.1) is 0 Å². The average Bonchev–Trinajstić information content (AvgIpc) is 3.24. The third kappa shape index (κ3) is 1.74. The van der Waals surface area contributed by atoms with Crippen LogP contribution in [0.4, 0.5) is 0 Å². The first-order chi connectivity index (χ1) is 11.7. The van der Waals surface area contributed by atoms with Gasteiger partial charge in [-0.2, -0.15) is 0 Å². The highest BCUT2D eigenvalue weighted by Crippen LogP contribution is 2.40. The van der Waals surface area contributed by atoms with E-state index >= 15 is 0 Å². The molecule has 5 aromatic rings. The summed E-state index contributed by atoms with van der Waals surface area (Å²) in [5.41, 5.74) is 3.48. The lowest BCUT2D eigenvalue weighted by atomic mass is 9.97. The molecule has 116 valence electrons. The predicted molar refractivity (Wildman–Crippen MR) is 94.6 cm³/mol. The van der Waals surface area contributed by atoms with Crippen molar-refractivity contribution in [2.75, 3.05) is 0 Å². The van der Waals surface area contributed by atoms with Crippen LogP contribution in [0.2, 0.25) is 0 Å². The Morgan fingerprint density at radius 1 is 1.17 bits per heavy atom. The summed E-state index contributed by atoms with van der Waals surface area (Å²) in [5.74, 6) is 0.157. The smallest absolute Gasteiger partial charge is 0.266 e. The van der Waals surface area contributed by atoms with E-state index in [0.717, 1.165) is 21.9 Å². The van der Waals surface area contributed by atoms with Crippen molar-refractivity contribution in [2.24, 2.45) is 0 Å². The van der Waals surface area contributed by atoms with Gasteiger partial charge in [-0.05, 0) is 41.3 Å². The zero-order chi connectivity index (χ0) is 16.3. The molecule has 24 heavy (non-hydrogen) atoms. The molecule has 2 aromatic carbocycles. The molecule has 5 nitrogen and oxygen atoms in total. The molecule has 6 heteroatoms. The van der Waals surface area contributed by atoms with Gasteiger partial charge in [0, 0.05) is 21.9 Å². The molecule has 0 saturated carbocycles. The molecule has 0 unspecified atom stereocenters. The second-order valence-corrected chi connectivity index (χ2v) is 6.45. The van der Waals surface area contributed by atoms with Crippen molar-refractivity contribution in [3.8, 4) is 16.9 Å². The Morgan fingerprint density at radius 2 is 2.08 bits per heavy atom. The lowest BCUT2D eigenvalue weighted by Crippen LogP contribution is -2.04. The molecule has 3 heterocycles. The number of hydrogen-bond donors (Lipinski definition) is 2. The molecule has 0 fully saturated rings. The Hall–Kier alpha value is -3.12. The highest BCUT2D eigenvalue weighted by atomic mass is 32.1. The van der Waals surface area contributed by atoms with Crippen LogP contribution in [0.3, 0.4) is 0 Å². The van der Waals surface area contributed by atoms with Gasteiger partial charge in [0.15, 0.2) is 12.0 Å². The number of phenolic OH excluding ortho intramolecular Hbond substituents is 1. The van der Waals surface area contributed by atoms with Crippen molar-refractivity contribution in [1.82, 2.24) is 9.97 Å². The van der Waals surface area contributed by atoms with Crippen molar-refractivity contribution in [3.05, 3.63) is 58.5 Å². The molecule has 0 saturated heterocycles. The quantitative estimate of drug-likeness (QED) is 0.480. The van der Waals surface area contributed by atoms with Gasteiger partial charge in [-0.25, -0.2) is 4.98 Å². The molecular formula is C18H10N2O3S. The summed E-state index contributed by atoms with van der Waals surface area (Å²) in [6.07, 6.45) is 1.39. The van der Waals surface area contributed by atoms with Crippen LogP contribution in [-0.2, 0) is 0 Å². The Morgan fingerprint density at radius 3 is 3.00 bits per heavy atom. The van der Waals surface area contributed by atoms with Crippen LogP contribution in [0.1, 0.15) is 0 Å². The number of nitrogens with one attached hydrogen (secondary N) is 1. The third-order valence-corrected chi connectivity index (χ3v) is 5.10. The number of pyridine rings is 1. The zero-order valence-electron chi connectivity index (χ0n) is 12.2. The fourth-order valence-electron chi connectivity index (χ4n) is 3.14. The molecule has 0 aliphatic carbocycles. The molecule has 3 aromatic heterocycles. The summed E-state index contributed by atoms with van der Waals surface area (Å²) in [6, 6.07) is 10.8. The first kappa shape index (κ1) is 13.3. The van der Waals surface area contributed by atoms with E-state index in [1.165, 1.54) is 17.7 Å². The average molecular weight is 334 g/mol. The highest BCUT2D eigenvalue weighted by Gasteiger charge is 2.16. The van der Waals surface area contributed by atoms with E-state index in [1.807, 2.05) is 29.6 Å². The van der Waals surface area contributed by atoms with E-state index in [9.17, 15) is 9.90 Å². The fraction of sp³-hybridized carbons (Fsp3) is 0. The largest absolute Gasteiger partial charge is 0.507 e. The number of thiophene rings is 1. The van der Waals surface area contributed by atoms with Gasteiger partial charge < -0.3 is 14.5 Å². The number of fused-ring (bicyclic) bond motifs is 4. The van der Waals surface area contributed by atoms with Gasteiger partial charge >= 0.3 is 0 Å². The lowest BCUT2D eigenvalue weighted by molar-refractivity contribution is 0.478. The van der Waals surface area contributed by atoms with Gasteiger partial charge in [-0.3, -0.25) is 4.79 Å². The minimum Gasteiger partial charge on any atom is -0.507 e. The van der Waals surface area contributed by atoms with Gasteiger partial charge in [-0.1, -0.05) is 6.07 Å². The van der Waals surface area contributed by atoms with Gasteiger partial charge in [0.05, 0.1) is 0 Å². The summed E-state index contributed by atoms with van der Waals surface area (Å²) in [6.45, 7) is 0. The number of nitrogens with zero attached hydrogens (tertiary/aromatic N) is 1. The van der Waals surface area contributed by atoms with Crippen molar-refractivity contribution in [1.29, 1.82) is 0 Å². The molecule has 0 radical (unpaired) electrons. The summed E-state index contributed by atoms with van der Waals surface area (Å²) >= 11 is 1.39. The number of aromatic hydroxyl groups is 1. The Balaban J connectivity index is 1.98. The van der Waals surface area contributed by atoms with Gasteiger partial charge in [0.2, 0.25) is 0 Å². The maximum atomic E-state index is 12.2. The summed E-state index contributed by atoms with van der Waals surface area (Å²) in [4.78, 5) is 19.3. The van der Waals surface area contributed by atoms with E-state index in [1.54, 1.807) is 12.1 Å². The van der Waals surface area contributed by atoms with E-state index in [2.05, 4.69) is 9.97 Å². The van der Waals surface area contributed by atoms with Crippen LogP contribution in [0.25, 0.3) is 43.2 Å². The second-order valence-electron chi connectivity index (χ2n) is 5.53. The van der Waals surface area contributed by atoms with E-state index in [-0.39, 0.29) is 11.3 Å². The summed E-state index contributed by atoms with van der Waals surface area (Å²) < 4.78 is 5.93. The van der Waals surface area contributed by atoms with Crippen molar-refractivity contribution in [2.45, 2.75) is 0 Å². The zero-order valence-corrected chi connectivity index (χ0v) is 13.1. The number of H-pyrrole nitrogens is 1. The first-order valence-electron chi connectivity index (χ1n) is 7.31. The Kier molecular flexibility index (Phi) is 2.60. The summed E-state index contributed by atoms with van der Waals surface area (Å²) in [7, 11) is 0. The van der Waals surface area contributed by atoms with Crippen LogP contribution < -0.4 is 5.56 Å². The number of rotatable bonds is 1. The van der Waals surface area contributed by atoms with E-state index < -0.39 is 0 Å². The molecule has 0 bridgehead atoms.